The molecule has 0 aromatic heterocycles. The number of hydrogen-bond acceptors (Lipinski definition) is 4. The molecule has 2 aliphatic rings. The van der Waals surface area contributed by atoms with E-state index in [0.717, 1.165) is 31.4 Å². The molecule has 2 atom stereocenters. The lowest BCUT2D eigenvalue weighted by Gasteiger charge is -2.49. The normalized spacial score (nSPS) is 29.3. The summed E-state index contributed by atoms with van der Waals surface area (Å²) in [6.07, 6.45) is 5.37. The number of piperidine rings is 2. The largest absolute Gasteiger partial charge is 0.365 e. The standard InChI is InChI=1S/C14H18ClN3O2/c15-13-5-4-12(8-14(13)18(19)20)17-10-2-1-3-11(17)7-9(16)6-10/h4-5,8-11H,1-3,6-7,16H2. The number of nitro benzene ring substituents is 1. The number of halogens is 1. The zero-order valence-corrected chi connectivity index (χ0v) is 11.9. The highest BCUT2D eigenvalue weighted by atomic mass is 35.5. The maximum Gasteiger partial charge on any atom is 0.289 e. The first-order valence-electron chi connectivity index (χ1n) is 7.04. The van der Waals surface area contributed by atoms with E-state index in [0.29, 0.717) is 12.1 Å². The highest BCUT2D eigenvalue weighted by Gasteiger charge is 2.37. The molecule has 2 heterocycles. The summed E-state index contributed by atoms with van der Waals surface area (Å²) in [5, 5.41) is 11.2. The molecule has 2 fully saturated rings. The third kappa shape index (κ3) is 2.36. The lowest BCUT2D eigenvalue weighted by molar-refractivity contribution is -0.384. The molecule has 5 nitrogen and oxygen atoms in total. The second-order valence-corrected chi connectivity index (χ2v) is 6.18. The summed E-state index contributed by atoms with van der Waals surface area (Å²) < 4.78 is 0. The van der Waals surface area contributed by atoms with Gasteiger partial charge < -0.3 is 10.6 Å². The molecule has 20 heavy (non-hydrogen) atoms. The molecule has 2 unspecified atom stereocenters. The molecular formula is C14H18ClN3O2. The summed E-state index contributed by atoms with van der Waals surface area (Å²) in [7, 11) is 0. The fourth-order valence-electron chi connectivity index (χ4n) is 3.65. The Balaban J connectivity index is 1.96. The van der Waals surface area contributed by atoms with Crippen molar-refractivity contribution < 1.29 is 4.92 Å². The monoisotopic (exact) mass is 295 g/mol. The first-order valence-corrected chi connectivity index (χ1v) is 7.42. The van der Waals surface area contributed by atoms with E-state index >= 15 is 0 Å². The molecule has 0 amide bonds. The van der Waals surface area contributed by atoms with E-state index in [1.54, 1.807) is 12.1 Å². The van der Waals surface area contributed by atoms with E-state index in [4.69, 9.17) is 17.3 Å². The van der Waals surface area contributed by atoms with Crippen LogP contribution in [0.3, 0.4) is 0 Å². The van der Waals surface area contributed by atoms with Crippen LogP contribution >= 0.6 is 11.6 Å². The Bertz CT molecular complexity index is 523. The summed E-state index contributed by atoms with van der Waals surface area (Å²) in [5.74, 6) is 0. The van der Waals surface area contributed by atoms with Crippen LogP contribution in [-0.4, -0.2) is 23.0 Å². The molecule has 6 heteroatoms. The Morgan fingerprint density at radius 1 is 1.30 bits per heavy atom. The van der Waals surface area contributed by atoms with E-state index in [1.807, 2.05) is 6.07 Å². The Labute approximate surface area is 122 Å². The van der Waals surface area contributed by atoms with Crippen molar-refractivity contribution in [3.05, 3.63) is 33.3 Å². The van der Waals surface area contributed by atoms with Crippen LogP contribution in [0.2, 0.25) is 5.02 Å². The minimum Gasteiger partial charge on any atom is -0.365 e. The van der Waals surface area contributed by atoms with Crippen LogP contribution in [0.5, 0.6) is 0 Å². The van der Waals surface area contributed by atoms with E-state index < -0.39 is 4.92 Å². The Hall–Kier alpha value is -1.33. The minimum atomic E-state index is -0.419. The first kappa shape index (κ1) is 13.6. The fraction of sp³-hybridized carbons (Fsp3) is 0.571. The minimum absolute atomic E-state index is 0.0166. The summed E-state index contributed by atoms with van der Waals surface area (Å²) in [5.41, 5.74) is 7.00. The van der Waals surface area contributed by atoms with Gasteiger partial charge in [0.15, 0.2) is 0 Å². The van der Waals surface area contributed by atoms with E-state index in [1.165, 1.54) is 6.42 Å². The van der Waals surface area contributed by atoms with Crippen molar-refractivity contribution in [2.24, 2.45) is 5.73 Å². The topological polar surface area (TPSA) is 72.4 Å². The number of nitro groups is 1. The van der Waals surface area contributed by atoms with E-state index in [9.17, 15) is 10.1 Å². The summed E-state index contributed by atoms with van der Waals surface area (Å²) in [6.45, 7) is 0. The molecule has 2 N–H and O–H groups in total. The number of anilines is 1. The molecule has 1 aromatic carbocycles. The lowest BCUT2D eigenvalue weighted by atomic mass is 9.81. The van der Waals surface area contributed by atoms with E-state index in [-0.39, 0.29) is 16.8 Å². The summed E-state index contributed by atoms with van der Waals surface area (Å²) >= 11 is 5.89. The molecule has 1 aromatic rings. The van der Waals surface area contributed by atoms with Gasteiger partial charge in [0.2, 0.25) is 0 Å². The number of fused-ring (bicyclic) bond motifs is 2. The molecule has 108 valence electrons. The average molecular weight is 296 g/mol. The van der Waals surface area contributed by atoms with Gasteiger partial charge in [-0.3, -0.25) is 10.1 Å². The van der Waals surface area contributed by atoms with Gasteiger partial charge in [-0.05, 0) is 44.2 Å². The highest BCUT2D eigenvalue weighted by Crippen LogP contribution is 2.39. The van der Waals surface area contributed by atoms with Gasteiger partial charge in [-0.1, -0.05) is 11.6 Å². The number of rotatable bonds is 2. The second-order valence-electron chi connectivity index (χ2n) is 5.77. The Kier molecular flexibility index (Phi) is 3.56. The molecule has 0 spiro atoms. The van der Waals surface area contributed by atoms with Gasteiger partial charge in [0, 0.05) is 29.9 Å². The van der Waals surface area contributed by atoms with Crippen molar-refractivity contribution in [2.75, 3.05) is 4.90 Å². The summed E-state index contributed by atoms with van der Waals surface area (Å²) in [4.78, 5) is 12.9. The lowest BCUT2D eigenvalue weighted by Crippen LogP contribution is -2.55. The molecular weight excluding hydrogens is 278 g/mol. The number of nitrogens with two attached hydrogens (primary N) is 1. The maximum atomic E-state index is 11.0. The third-order valence-corrected chi connectivity index (χ3v) is 4.76. The predicted octanol–water partition coefficient (Wildman–Crippen LogP) is 3.10. The highest BCUT2D eigenvalue weighted by molar-refractivity contribution is 6.32. The molecule has 3 rings (SSSR count). The van der Waals surface area contributed by atoms with Crippen LogP contribution in [-0.2, 0) is 0 Å². The molecule has 2 saturated heterocycles. The summed E-state index contributed by atoms with van der Waals surface area (Å²) in [6, 6.07) is 6.17. The number of nitrogens with zero attached hydrogens (tertiary/aromatic N) is 2. The second kappa shape index (κ2) is 5.22. The van der Waals surface area contributed by atoms with Gasteiger partial charge in [-0.2, -0.15) is 0 Å². The molecule has 2 aliphatic heterocycles. The van der Waals surface area contributed by atoms with Crippen molar-refractivity contribution in [1.82, 2.24) is 0 Å². The zero-order chi connectivity index (χ0) is 14.3. The van der Waals surface area contributed by atoms with Crippen molar-refractivity contribution in [3.63, 3.8) is 0 Å². The third-order valence-electron chi connectivity index (χ3n) is 4.44. The van der Waals surface area contributed by atoms with Crippen LogP contribution in [0.4, 0.5) is 11.4 Å². The van der Waals surface area contributed by atoms with Crippen molar-refractivity contribution in [3.8, 4) is 0 Å². The van der Waals surface area contributed by atoms with Crippen LogP contribution in [0.25, 0.3) is 0 Å². The SMILES string of the molecule is NC1CC2CCCC(C1)N2c1ccc(Cl)c([N+](=O)[O-])c1. The average Bonchev–Trinajstić information content (AvgIpc) is 2.38. The van der Waals surface area contributed by atoms with Gasteiger partial charge in [0.05, 0.1) is 4.92 Å². The smallest absolute Gasteiger partial charge is 0.289 e. The van der Waals surface area contributed by atoms with Crippen molar-refractivity contribution in [2.45, 2.75) is 50.2 Å². The molecule has 0 radical (unpaired) electrons. The van der Waals surface area contributed by atoms with Gasteiger partial charge in [-0.25, -0.2) is 0 Å². The first-order chi connectivity index (χ1) is 9.56. The van der Waals surface area contributed by atoms with E-state index in [2.05, 4.69) is 4.90 Å². The Morgan fingerprint density at radius 2 is 1.95 bits per heavy atom. The number of benzene rings is 1. The zero-order valence-electron chi connectivity index (χ0n) is 11.2. The molecule has 0 saturated carbocycles. The Morgan fingerprint density at radius 3 is 2.55 bits per heavy atom. The number of hydrogen-bond donors (Lipinski definition) is 1. The molecule has 0 aliphatic carbocycles. The predicted molar refractivity (Wildman–Crippen MR) is 79.2 cm³/mol. The van der Waals surface area contributed by atoms with Gasteiger partial charge in [0.25, 0.3) is 5.69 Å². The van der Waals surface area contributed by atoms with Crippen LogP contribution in [0, 0.1) is 10.1 Å². The van der Waals surface area contributed by atoms with Gasteiger partial charge >= 0.3 is 0 Å². The van der Waals surface area contributed by atoms with Crippen molar-refractivity contribution in [1.29, 1.82) is 0 Å². The van der Waals surface area contributed by atoms with Crippen molar-refractivity contribution >= 4 is 23.0 Å². The quantitative estimate of drug-likeness (QED) is 0.672. The maximum absolute atomic E-state index is 11.0. The van der Waals surface area contributed by atoms with Crippen LogP contribution in [0.15, 0.2) is 18.2 Å². The molecule has 2 bridgehead atoms. The van der Waals surface area contributed by atoms with Gasteiger partial charge in [-0.15, -0.1) is 0 Å². The van der Waals surface area contributed by atoms with Crippen LogP contribution < -0.4 is 10.6 Å². The van der Waals surface area contributed by atoms with Crippen LogP contribution in [0.1, 0.15) is 32.1 Å². The van der Waals surface area contributed by atoms with Gasteiger partial charge in [0.1, 0.15) is 5.02 Å². The fourth-order valence-corrected chi connectivity index (χ4v) is 3.83.